The molecule has 174 valence electrons. The minimum Gasteiger partial charge on any atom is -0.460 e. The number of benzene rings is 3. The Morgan fingerprint density at radius 3 is 1.12 bits per heavy atom. The van der Waals surface area contributed by atoms with Crippen molar-refractivity contribution in [2.45, 2.75) is 13.8 Å². The number of carbonyl (C=O) groups is 4. The van der Waals surface area contributed by atoms with Crippen molar-refractivity contribution >= 4 is 51.6 Å². The number of hydrogen-bond acceptors (Lipinski definition) is 6. The fourth-order valence-electron chi connectivity index (χ4n) is 3.78. The average molecular weight is 476 g/mol. The fourth-order valence-corrected chi connectivity index (χ4v) is 8.10. The molecule has 0 spiro atoms. The summed E-state index contributed by atoms with van der Waals surface area (Å²) in [7, 11) is 0. The van der Waals surface area contributed by atoms with Gasteiger partial charge in [-0.2, -0.15) is 0 Å². The summed E-state index contributed by atoms with van der Waals surface area (Å²) >= 11 is 0. The van der Waals surface area contributed by atoms with E-state index in [9.17, 15) is 19.2 Å². The average Bonchev–Trinajstić information content (AvgIpc) is 2.88. The fraction of sp³-hybridized carbons (Fsp3) is 0.148. The molecule has 0 unspecified atom stereocenters. The van der Waals surface area contributed by atoms with E-state index in [1.807, 2.05) is 18.2 Å². The topological polar surface area (TPSA) is 86.7 Å². The molecule has 0 N–H and O–H groups in total. The zero-order valence-corrected chi connectivity index (χ0v) is 19.9. The summed E-state index contributed by atoms with van der Waals surface area (Å²) in [5.74, 6) is -4.68. The highest BCUT2D eigenvalue weighted by Gasteiger charge is 2.42. The van der Waals surface area contributed by atoms with Crippen LogP contribution in [0.15, 0.2) is 91.0 Å². The summed E-state index contributed by atoms with van der Waals surface area (Å²) in [5.41, 5.74) is 0. The Morgan fingerprint density at radius 1 is 0.559 bits per heavy atom. The maximum absolute atomic E-state index is 13.6. The number of Topliss-reactive ketones (excluding diaryl/α,β-unsaturated/α-hetero) is 2. The van der Waals surface area contributed by atoms with Gasteiger partial charge in [0.2, 0.25) is 0 Å². The molecule has 34 heavy (non-hydrogen) atoms. The van der Waals surface area contributed by atoms with Crippen molar-refractivity contribution in [2.24, 2.45) is 0 Å². The molecule has 0 saturated carbocycles. The van der Waals surface area contributed by atoms with E-state index in [2.05, 4.69) is 0 Å². The molecule has 7 heteroatoms. The van der Waals surface area contributed by atoms with Crippen molar-refractivity contribution < 1.29 is 28.7 Å². The van der Waals surface area contributed by atoms with Crippen molar-refractivity contribution in [3.63, 3.8) is 0 Å². The van der Waals surface area contributed by atoms with Gasteiger partial charge >= 0.3 is 11.9 Å². The van der Waals surface area contributed by atoms with Crippen LogP contribution < -0.4 is 15.9 Å². The smallest absolute Gasteiger partial charge is 0.379 e. The van der Waals surface area contributed by atoms with Crippen LogP contribution in [0.25, 0.3) is 0 Å². The third-order valence-corrected chi connectivity index (χ3v) is 9.41. The Kier molecular flexibility index (Phi) is 8.34. The Balaban J connectivity index is 2.62. The normalized spacial score (nSPS) is 10.8. The molecular formula is C27H25O6P. The molecule has 3 rings (SSSR count). The number of ketones is 2. The highest BCUT2D eigenvalue weighted by atomic mass is 31.2. The van der Waals surface area contributed by atoms with Gasteiger partial charge in [0.1, 0.15) is 0 Å². The van der Waals surface area contributed by atoms with Crippen LogP contribution in [0.4, 0.5) is 0 Å². The van der Waals surface area contributed by atoms with Crippen LogP contribution in [-0.4, -0.2) is 42.0 Å². The van der Waals surface area contributed by atoms with Crippen molar-refractivity contribution in [3.05, 3.63) is 91.0 Å². The third-order valence-electron chi connectivity index (χ3n) is 5.12. The lowest BCUT2D eigenvalue weighted by molar-refractivity contribution is -0.152. The van der Waals surface area contributed by atoms with Gasteiger partial charge in [0.05, 0.1) is 18.5 Å². The van der Waals surface area contributed by atoms with Crippen LogP contribution in [0, 0.1) is 0 Å². The molecule has 0 radical (unpaired) electrons. The van der Waals surface area contributed by atoms with Crippen LogP contribution >= 0.6 is 6.89 Å². The lowest BCUT2D eigenvalue weighted by atomic mass is 10.2. The van der Waals surface area contributed by atoms with Gasteiger partial charge in [-0.05, 0) is 36.6 Å². The van der Waals surface area contributed by atoms with Gasteiger partial charge in [0, 0.05) is 0 Å². The van der Waals surface area contributed by atoms with Gasteiger partial charge in [-0.25, -0.2) is 9.59 Å². The molecule has 6 nitrogen and oxygen atoms in total. The van der Waals surface area contributed by atoms with Crippen LogP contribution in [0.2, 0.25) is 0 Å². The van der Waals surface area contributed by atoms with E-state index >= 15 is 0 Å². The maximum atomic E-state index is 13.6. The third kappa shape index (κ3) is 4.78. The SMILES string of the molecule is CCOC(=O)C(=O)C(C(=O)C(=O)OCC)=P(c1ccccc1)(c1ccccc1)c1ccccc1. The summed E-state index contributed by atoms with van der Waals surface area (Å²) < 4.78 is 9.96. The molecular weight excluding hydrogens is 451 g/mol. The number of esters is 2. The lowest BCUT2D eigenvalue weighted by Crippen LogP contribution is -2.43. The number of carbonyl (C=O) groups excluding carboxylic acids is 4. The molecule has 0 fully saturated rings. The van der Waals surface area contributed by atoms with E-state index in [0.29, 0.717) is 15.9 Å². The predicted molar refractivity (Wildman–Crippen MR) is 133 cm³/mol. The summed E-state index contributed by atoms with van der Waals surface area (Å²) in [6, 6.07) is 27.0. The molecule has 0 amide bonds. The van der Waals surface area contributed by atoms with Gasteiger partial charge in [-0.1, -0.05) is 91.0 Å². The zero-order valence-electron chi connectivity index (χ0n) is 19.0. The number of ether oxygens (including phenoxy) is 2. The first-order valence-corrected chi connectivity index (χ1v) is 12.6. The second kappa shape index (κ2) is 11.4. The molecule has 0 aliphatic heterocycles. The van der Waals surface area contributed by atoms with Crippen LogP contribution in [-0.2, 0) is 28.7 Å². The first-order chi connectivity index (χ1) is 16.5. The van der Waals surface area contributed by atoms with Gasteiger partial charge in [-0.15, -0.1) is 0 Å². The zero-order chi connectivity index (χ0) is 24.6. The largest absolute Gasteiger partial charge is 0.460 e. The molecule has 0 aliphatic carbocycles. The Morgan fingerprint density at radius 2 is 0.853 bits per heavy atom. The Bertz CT molecular complexity index is 1100. The van der Waals surface area contributed by atoms with Crippen molar-refractivity contribution in [3.8, 4) is 0 Å². The van der Waals surface area contributed by atoms with E-state index < -0.39 is 35.7 Å². The molecule has 3 aromatic rings. The second-order valence-electron chi connectivity index (χ2n) is 7.13. The van der Waals surface area contributed by atoms with E-state index in [1.165, 1.54) is 0 Å². The van der Waals surface area contributed by atoms with Crippen molar-refractivity contribution in [2.75, 3.05) is 13.2 Å². The summed E-state index contributed by atoms with van der Waals surface area (Å²) in [5, 5.41) is 1.47. The summed E-state index contributed by atoms with van der Waals surface area (Å²) in [4.78, 5) is 52.7. The quantitative estimate of drug-likeness (QED) is 0.204. The van der Waals surface area contributed by atoms with E-state index in [-0.39, 0.29) is 13.2 Å². The predicted octanol–water partition coefficient (Wildman–Crippen LogP) is 2.42. The van der Waals surface area contributed by atoms with Crippen molar-refractivity contribution in [1.29, 1.82) is 0 Å². The number of rotatable bonds is 9. The number of hydrogen-bond donors (Lipinski definition) is 0. The van der Waals surface area contributed by atoms with Gasteiger partial charge in [0.15, 0.2) is 0 Å². The first kappa shape index (κ1) is 24.9. The minimum atomic E-state index is -3.31. The molecule has 3 aromatic carbocycles. The molecule has 0 saturated heterocycles. The second-order valence-corrected chi connectivity index (χ2v) is 10.5. The van der Waals surface area contributed by atoms with E-state index in [1.54, 1.807) is 86.6 Å². The molecule has 0 aromatic heterocycles. The Hall–Kier alpha value is -3.76. The van der Waals surface area contributed by atoms with Gasteiger partial charge in [-0.3, -0.25) is 9.59 Å². The van der Waals surface area contributed by atoms with E-state index in [0.717, 1.165) is 0 Å². The monoisotopic (exact) mass is 476 g/mol. The maximum Gasteiger partial charge on any atom is 0.379 e. The van der Waals surface area contributed by atoms with Crippen molar-refractivity contribution in [1.82, 2.24) is 0 Å². The summed E-state index contributed by atoms with van der Waals surface area (Å²) in [6.07, 6.45) is 0. The van der Waals surface area contributed by atoms with Gasteiger partial charge in [0.25, 0.3) is 11.6 Å². The van der Waals surface area contributed by atoms with Crippen LogP contribution in [0.5, 0.6) is 0 Å². The van der Waals surface area contributed by atoms with Crippen LogP contribution in [0.3, 0.4) is 0 Å². The highest BCUT2D eigenvalue weighted by molar-refractivity contribution is 7.98. The Labute approximate surface area is 198 Å². The summed E-state index contributed by atoms with van der Waals surface area (Å²) in [6.45, 7) is -0.305. The highest BCUT2D eigenvalue weighted by Crippen LogP contribution is 2.46. The molecule has 0 aliphatic rings. The van der Waals surface area contributed by atoms with Gasteiger partial charge < -0.3 is 9.47 Å². The standard InChI is InChI=1S/C27H25O6P/c1-3-32-26(30)23(28)25(24(29)27(31)33-4-2)34(20-14-8-5-9-15-20,21-16-10-6-11-17-21)22-18-12-7-13-19-22/h5-19H,3-4H2,1-2H3. The molecule has 0 bridgehead atoms. The van der Waals surface area contributed by atoms with E-state index in [4.69, 9.17) is 9.47 Å². The minimum absolute atomic E-state index is 0.0566. The van der Waals surface area contributed by atoms with Crippen LogP contribution in [0.1, 0.15) is 13.8 Å². The lowest BCUT2D eigenvalue weighted by Gasteiger charge is -2.31. The molecule has 0 heterocycles. The first-order valence-electron chi connectivity index (χ1n) is 10.8. The molecule has 0 atom stereocenters.